The van der Waals surface area contributed by atoms with Crippen molar-refractivity contribution in [3.8, 4) is 0 Å². The lowest BCUT2D eigenvalue weighted by Gasteiger charge is -2.34. The van der Waals surface area contributed by atoms with Gasteiger partial charge in [0.15, 0.2) is 0 Å². The van der Waals surface area contributed by atoms with Gasteiger partial charge in [-0.1, -0.05) is 25.9 Å². The van der Waals surface area contributed by atoms with Gasteiger partial charge in [0.1, 0.15) is 5.76 Å². The van der Waals surface area contributed by atoms with Crippen LogP contribution in [0.5, 0.6) is 0 Å². The third-order valence-electron chi connectivity index (χ3n) is 5.29. The number of nitrogens with zero attached hydrogens (tertiary/aromatic N) is 5. The Bertz CT molecular complexity index is 806. The molecule has 0 aliphatic carbocycles. The molecule has 0 radical (unpaired) electrons. The first-order valence-corrected chi connectivity index (χ1v) is 9.69. The van der Waals surface area contributed by atoms with Crippen molar-refractivity contribution < 1.29 is 4.52 Å². The Morgan fingerprint density at radius 2 is 1.70 bits per heavy atom. The molecular weight excluding hydrogens is 342 g/mol. The van der Waals surface area contributed by atoms with E-state index in [0.29, 0.717) is 6.54 Å². The predicted molar refractivity (Wildman–Crippen MR) is 105 cm³/mol. The summed E-state index contributed by atoms with van der Waals surface area (Å²) in [6, 6.07) is 3.47. The molecule has 2 aromatic rings. The SMILES string of the molecule is Cc1noc(C)c1CN1CCN(CCn2nc(C(C)(C)C)ccc2=O)CC1. The maximum absolute atomic E-state index is 12.1. The van der Waals surface area contributed by atoms with E-state index in [1.165, 1.54) is 5.56 Å². The van der Waals surface area contributed by atoms with E-state index < -0.39 is 0 Å². The van der Waals surface area contributed by atoms with Crippen molar-refractivity contribution in [3.05, 3.63) is 45.2 Å². The Morgan fingerprint density at radius 3 is 2.30 bits per heavy atom. The lowest BCUT2D eigenvalue weighted by atomic mass is 9.92. The summed E-state index contributed by atoms with van der Waals surface area (Å²) in [6.07, 6.45) is 0. The zero-order valence-corrected chi connectivity index (χ0v) is 17.2. The van der Waals surface area contributed by atoms with Crippen molar-refractivity contribution in [2.75, 3.05) is 32.7 Å². The summed E-state index contributed by atoms with van der Waals surface area (Å²) in [6.45, 7) is 16.7. The quantitative estimate of drug-likeness (QED) is 0.798. The van der Waals surface area contributed by atoms with Gasteiger partial charge in [-0.05, 0) is 19.9 Å². The van der Waals surface area contributed by atoms with Crippen LogP contribution >= 0.6 is 0 Å². The van der Waals surface area contributed by atoms with E-state index in [2.05, 4.69) is 40.8 Å². The molecule has 148 valence electrons. The molecule has 0 aromatic carbocycles. The standard InChI is InChI=1S/C20H31N5O2/c1-15-17(16(2)27-22-15)14-24-10-8-23(9-11-24)12-13-25-19(26)7-6-18(21-25)20(3,4)5/h6-7H,8-14H2,1-5H3. The van der Waals surface area contributed by atoms with Gasteiger partial charge in [0.25, 0.3) is 5.56 Å². The highest BCUT2D eigenvalue weighted by molar-refractivity contribution is 5.20. The van der Waals surface area contributed by atoms with Crippen LogP contribution in [0.1, 0.15) is 43.5 Å². The zero-order valence-electron chi connectivity index (χ0n) is 17.2. The van der Waals surface area contributed by atoms with Crippen molar-refractivity contribution in [2.45, 2.75) is 53.1 Å². The van der Waals surface area contributed by atoms with Crippen LogP contribution in [0.4, 0.5) is 0 Å². The average Bonchev–Trinajstić information content (AvgIpc) is 2.93. The molecule has 1 saturated heterocycles. The summed E-state index contributed by atoms with van der Waals surface area (Å²) in [5.41, 5.74) is 3.06. The van der Waals surface area contributed by atoms with Crippen molar-refractivity contribution in [2.24, 2.45) is 0 Å². The molecule has 0 bridgehead atoms. The molecule has 27 heavy (non-hydrogen) atoms. The minimum Gasteiger partial charge on any atom is -0.361 e. The summed E-state index contributed by atoms with van der Waals surface area (Å²) in [5, 5.41) is 8.60. The van der Waals surface area contributed by atoms with E-state index in [-0.39, 0.29) is 11.0 Å². The van der Waals surface area contributed by atoms with Gasteiger partial charge in [0.05, 0.1) is 17.9 Å². The fourth-order valence-corrected chi connectivity index (χ4v) is 3.37. The fraction of sp³-hybridized carbons (Fsp3) is 0.650. The highest BCUT2D eigenvalue weighted by Gasteiger charge is 2.20. The molecule has 3 rings (SSSR count). The van der Waals surface area contributed by atoms with Gasteiger partial charge in [-0.2, -0.15) is 5.10 Å². The van der Waals surface area contributed by atoms with Gasteiger partial charge in [-0.25, -0.2) is 4.68 Å². The second kappa shape index (κ2) is 7.94. The van der Waals surface area contributed by atoms with Crippen LogP contribution in [-0.2, 0) is 18.5 Å². The summed E-state index contributed by atoms with van der Waals surface area (Å²) >= 11 is 0. The van der Waals surface area contributed by atoms with Crippen molar-refractivity contribution in [1.82, 2.24) is 24.7 Å². The topological polar surface area (TPSA) is 67.4 Å². The Balaban J connectivity index is 1.52. The molecule has 0 unspecified atom stereocenters. The molecule has 1 aliphatic rings. The van der Waals surface area contributed by atoms with Crippen molar-refractivity contribution >= 4 is 0 Å². The first-order chi connectivity index (χ1) is 12.7. The Kier molecular flexibility index (Phi) is 5.81. The molecule has 2 aromatic heterocycles. The van der Waals surface area contributed by atoms with Gasteiger partial charge < -0.3 is 4.52 Å². The van der Waals surface area contributed by atoms with E-state index in [9.17, 15) is 4.79 Å². The van der Waals surface area contributed by atoms with Crippen LogP contribution in [0.3, 0.4) is 0 Å². The second-order valence-electron chi connectivity index (χ2n) is 8.45. The zero-order chi connectivity index (χ0) is 19.6. The first kappa shape index (κ1) is 19.8. The molecule has 1 aliphatic heterocycles. The Morgan fingerprint density at radius 1 is 1.04 bits per heavy atom. The summed E-state index contributed by atoms with van der Waals surface area (Å²) in [4.78, 5) is 17.0. The van der Waals surface area contributed by atoms with E-state index in [4.69, 9.17) is 4.52 Å². The number of piperazine rings is 1. The molecule has 7 nitrogen and oxygen atoms in total. The molecule has 3 heterocycles. The molecule has 0 atom stereocenters. The van der Waals surface area contributed by atoms with Gasteiger partial charge >= 0.3 is 0 Å². The van der Waals surface area contributed by atoms with Crippen LogP contribution in [-0.4, -0.2) is 57.5 Å². The van der Waals surface area contributed by atoms with Gasteiger partial charge in [0, 0.05) is 56.3 Å². The molecule has 7 heteroatoms. The largest absolute Gasteiger partial charge is 0.361 e. The van der Waals surface area contributed by atoms with Crippen LogP contribution in [0.15, 0.2) is 21.5 Å². The maximum Gasteiger partial charge on any atom is 0.266 e. The van der Waals surface area contributed by atoms with Crippen molar-refractivity contribution in [3.63, 3.8) is 0 Å². The van der Waals surface area contributed by atoms with Gasteiger partial charge in [0.2, 0.25) is 0 Å². The highest BCUT2D eigenvalue weighted by Crippen LogP contribution is 2.18. The maximum atomic E-state index is 12.1. The lowest BCUT2D eigenvalue weighted by Crippen LogP contribution is -2.47. The highest BCUT2D eigenvalue weighted by atomic mass is 16.5. The average molecular weight is 374 g/mol. The number of rotatable bonds is 5. The van der Waals surface area contributed by atoms with Crippen LogP contribution in [0, 0.1) is 13.8 Å². The third-order valence-corrected chi connectivity index (χ3v) is 5.29. The predicted octanol–water partition coefficient (Wildman–Crippen LogP) is 1.96. The Hall–Kier alpha value is -1.99. The molecule has 1 fully saturated rings. The number of hydrogen-bond acceptors (Lipinski definition) is 6. The number of aryl methyl sites for hydroxylation is 2. The summed E-state index contributed by atoms with van der Waals surface area (Å²) in [5.74, 6) is 0.916. The number of hydrogen-bond donors (Lipinski definition) is 0. The molecule has 0 saturated carbocycles. The van der Waals surface area contributed by atoms with Crippen molar-refractivity contribution in [1.29, 1.82) is 0 Å². The van der Waals surface area contributed by atoms with Crippen LogP contribution < -0.4 is 5.56 Å². The second-order valence-corrected chi connectivity index (χ2v) is 8.45. The van der Waals surface area contributed by atoms with Crippen LogP contribution in [0.2, 0.25) is 0 Å². The van der Waals surface area contributed by atoms with Gasteiger partial charge in [-0.15, -0.1) is 0 Å². The first-order valence-electron chi connectivity index (χ1n) is 9.69. The van der Waals surface area contributed by atoms with Crippen LogP contribution in [0.25, 0.3) is 0 Å². The molecule has 0 spiro atoms. The lowest BCUT2D eigenvalue weighted by molar-refractivity contribution is 0.122. The fourth-order valence-electron chi connectivity index (χ4n) is 3.37. The number of aromatic nitrogens is 3. The Labute approximate surface area is 160 Å². The summed E-state index contributed by atoms with van der Waals surface area (Å²) < 4.78 is 6.87. The van der Waals surface area contributed by atoms with E-state index in [1.807, 2.05) is 19.9 Å². The smallest absolute Gasteiger partial charge is 0.266 e. The van der Waals surface area contributed by atoms with E-state index in [0.717, 1.165) is 56.4 Å². The molecule has 0 N–H and O–H groups in total. The van der Waals surface area contributed by atoms with Gasteiger partial charge in [-0.3, -0.25) is 14.6 Å². The minimum absolute atomic E-state index is 0.0277. The van der Waals surface area contributed by atoms with E-state index >= 15 is 0 Å². The monoisotopic (exact) mass is 373 g/mol. The normalized spacial score (nSPS) is 16.8. The summed E-state index contributed by atoms with van der Waals surface area (Å²) in [7, 11) is 0. The minimum atomic E-state index is -0.0563. The molecular formula is C20H31N5O2. The third kappa shape index (κ3) is 4.84. The van der Waals surface area contributed by atoms with E-state index in [1.54, 1.807) is 10.7 Å². The molecule has 0 amide bonds.